The van der Waals surface area contributed by atoms with Gasteiger partial charge >= 0.3 is 12.1 Å². The van der Waals surface area contributed by atoms with Crippen LogP contribution in [0.5, 0.6) is 0 Å². The smallest absolute Gasteiger partial charge is 0.475 e. The van der Waals surface area contributed by atoms with Crippen LogP contribution in [-0.2, 0) is 11.2 Å². The first-order valence-corrected chi connectivity index (χ1v) is 11.2. The summed E-state index contributed by atoms with van der Waals surface area (Å²) in [7, 11) is 0. The van der Waals surface area contributed by atoms with E-state index >= 15 is 0 Å². The Morgan fingerprint density at radius 2 is 1.42 bits per heavy atom. The van der Waals surface area contributed by atoms with E-state index in [1.807, 2.05) is 0 Å². The Morgan fingerprint density at radius 1 is 0.935 bits per heavy atom. The van der Waals surface area contributed by atoms with E-state index in [4.69, 9.17) is 15.6 Å². The van der Waals surface area contributed by atoms with Crippen molar-refractivity contribution in [1.29, 1.82) is 0 Å². The predicted molar refractivity (Wildman–Crippen MR) is 122 cm³/mol. The molecule has 0 aliphatic heterocycles. The molecule has 0 aliphatic rings. The molecule has 0 heterocycles. The molecule has 0 aliphatic carbocycles. The molecule has 0 fully saturated rings. The van der Waals surface area contributed by atoms with E-state index in [0.717, 1.165) is 12.1 Å². The molecule has 0 saturated heterocycles. The fourth-order valence-corrected chi connectivity index (χ4v) is 3.60. The molecule has 2 aromatic rings. The van der Waals surface area contributed by atoms with Crippen molar-refractivity contribution in [3.05, 3.63) is 41.5 Å². The molecule has 2 rings (SSSR count). The molecule has 0 atom stereocenters. The molecule has 0 unspecified atom stereocenters. The number of nitrogens with two attached hydrogens (primary N) is 1. The number of alkyl halides is 3. The first kappa shape index (κ1) is 26.8. The highest BCUT2D eigenvalue weighted by atomic mass is 19.4. The number of benzene rings is 2. The molecule has 0 spiro atoms. The lowest BCUT2D eigenvalue weighted by Gasteiger charge is -2.12. The molecule has 3 nitrogen and oxygen atoms in total. The van der Waals surface area contributed by atoms with E-state index in [0.29, 0.717) is 0 Å². The number of aliphatic carboxylic acids is 1. The van der Waals surface area contributed by atoms with E-state index in [1.54, 1.807) is 0 Å². The lowest BCUT2D eigenvalue weighted by atomic mass is 9.95. The highest BCUT2D eigenvalue weighted by Gasteiger charge is 2.38. The third kappa shape index (κ3) is 10.1. The molecule has 0 radical (unpaired) electrons. The molecular formula is C25H36F3NO2. The van der Waals surface area contributed by atoms with Crippen molar-refractivity contribution in [3.8, 4) is 0 Å². The Bertz CT molecular complexity index is 803. The van der Waals surface area contributed by atoms with Gasteiger partial charge in [-0.2, -0.15) is 13.2 Å². The average molecular weight is 440 g/mol. The number of rotatable bonds is 11. The molecule has 6 heteroatoms. The van der Waals surface area contributed by atoms with E-state index in [1.165, 1.54) is 86.1 Å². The van der Waals surface area contributed by atoms with Gasteiger partial charge in [-0.15, -0.1) is 0 Å². The SMILES string of the molecule is CCCCCCCCCCCCc1cc2ccccc2c(N)c1C.O=C(O)C(F)(F)F. The number of carboxylic acids is 1. The Hall–Kier alpha value is -2.24. The van der Waals surface area contributed by atoms with Crippen molar-refractivity contribution in [2.75, 3.05) is 5.73 Å². The maximum absolute atomic E-state index is 10.6. The summed E-state index contributed by atoms with van der Waals surface area (Å²) in [6.45, 7) is 4.46. The summed E-state index contributed by atoms with van der Waals surface area (Å²) >= 11 is 0. The van der Waals surface area contributed by atoms with Gasteiger partial charge in [-0.3, -0.25) is 0 Å². The molecule has 0 bridgehead atoms. The maximum Gasteiger partial charge on any atom is 0.490 e. The first-order chi connectivity index (χ1) is 14.7. The highest BCUT2D eigenvalue weighted by molar-refractivity contribution is 5.95. The number of hydrogen-bond donors (Lipinski definition) is 2. The Labute approximate surface area is 183 Å². The number of anilines is 1. The minimum Gasteiger partial charge on any atom is -0.475 e. The molecule has 31 heavy (non-hydrogen) atoms. The number of carbonyl (C=O) groups is 1. The zero-order chi connectivity index (χ0) is 23.3. The number of unbranched alkanes of at least 4 members (excludes halogenated alkanes) is 9. The standard InChI is InChI=1S/C23H35N.C2HF3O2/c1-3-4-5-6-7-8-9-10-11-12-15-20-18-21-16-13-14-17-22(21)23(24)19(20)2;3-2(4,5)1(6)7/h13-14,16-18H,3-12,15,24H2,1-2H3;(H,6,7). The average Bonchev–Trinajstić information content (AvgIpc) is 2.72. The number of nitrogen functional groups attached to an aromatic ring is 1. The van der Waals surface area contributed by atoms with Gasteiger partial charge in [-0.1, -0.05) is 95.0 Å². The number of halogens is 3. The second-order valence-corrected chi connectivity index (χ2v) is 8.03. The van der Waals surface area contributed by atoms with Gasteiger partial charge in [0.2, 0.25) is 0 Å². The van der Waals surface area contributed by atoms with Crippen molar-refractivity contribution in [3.63, 3.8) is 0 Å². The minimum absolute atomic E-state index is 0.968. The zero-order valence-electron chi connectivity index (χ0n) is 18.7. The van der Waals surface area contributed by atoms with Crippen LogP contribution in [0, 0.1) is 6.92 Å². The van der Waals surface area contributed by atoms with Gasteiger partial charge in [-0.05, 0) is 36.3 Å². The Balaban J connectivity index is 0.000000592. The van der Waals surface area contributed by atoms with E-state index < -0.39 is 12.1 Å². The fraction of sp³-hybridized carbons (Fsp3) is 0.560. The normalized spacial score (nSPS) is 11.3. The predicted octanol–water partition coefficient (Wildman–Crippen LogP) is 7.83. The van der Waals surface area contributed by atoms with Crippen molar-refractivity contribution in [2.24, 2.45) is 0 Å². The van der Waals surface area contributed by atoms with E-state index in [2.05, 4.69) is 44.2 Å². The monoisotopic (exact) mass is 439 g/mol. The molecule has 3 N–H and O–H groups in total. The van der Waals surface area contributed by atoms with E-state index in [-0.39, 0.29) is 0 Å². The van der Waals surface area contributed by atoms with Gasteiger partial charge < -0.3 is 10.8 Å². The van der Waals surface area contributed by atoms with Crippen LogP contribution >= 0.6 is 0 Å². The lowest BCUT2D eigenvalue weighted by Crippen LogP contribution is -2.21. The van der Waals surface area contributed by atoms with Gasteiger partial charge in [0.25, 0.3) is 0 Å². The molecule has 0 amide bonds. The van der Waals surface area contributed by atoms with E-state index in [9.17, 15) is 13.2 Å². The third-order valence-corrected chi connectivity index (χ3v) is 5.51. The summed E-state index contributed by atoms with van der Waals surface area (Å²) in [6, 6.07) is 10.8. The third-order valence-electron chi connectivity index (χ3n) is 5.51. The zero-order valence-corrected chi connectivity index (χ0v) is 18.7. The van der Waals surface area contributed by atoms with Crippen LogP contribution in [0.2, 0.25) is 0 Å². The summed E-state index contributed by atoms with van der Waals surface area (Å²) in [4.78, 5) is 8.90. The van der Waals surface area contributed by atoms with Crippen LogP contribution < -0.4 is 5.73 Å². The van der Waals surface area contributed by atoms with Gasteiger partial charge in [0.1, 0.15) is 0 Å². The number of carboxylic acid groups (broad SMARTS) is 1. The number of hydrogen-bond acceptors (Lipinski definition) is 2. The quantitative estimate of drug-likeness (QED) is 0.277. The van der Waals surface area contributed by atoms with Gasteiger partial charge in [-0.25, -0.2) is 4.79 Å². The van der Waals surface area contributed by atoms with Gasteiger partial charge in [0, 0.05) is 11.1 Å². The Kier molecular flexibility index (Phi) is 12.1. The summed E-state index contributed by atoms with van der Waals surface area (Å²) in [6.07, 6.45) is 9.98. The van der Waals surface area contributed by atoms with Gasteiger partial charge in [0.15, 0.2) is 0 Å². The van der Waals surface area contributed by atoms with Crippen molar-refractivity contribution < 1.29 is 23.1 Å². The molecule has 0 aromatic heterocycles. The number of fused-ring (bicyclic) bond motifs is 1. The summed E-state index contributed by atoms with van der Waals surface area (Å²) in [5.41, 5.74) is 10.0. The maximum atomic E-state index is 10.6. The van der Waals surface area contributed by atoms with Crippen molar-refractivity contribution in [1.82, 2.24) is 0 Å². The topological polar surface area (TPSA) is 63.3 Å². The van der Waals surface area contributed by atoms with Crippen LogP contribution in [0.3, 0.4) is 0 Å². The summed E-state index contributed by atoms with van der Waals surface area (Å²) in [5.74, 6) is -2.76. The minimum atomic E-state index is -5.08. The molecule has 2 aromatic carbocycles. The second kappa shape index (κ2) is 13.9. The summed E-state index contributed by atoms with van der Waals surface area (Å²) < 4.78 is 31.7. The summed E-state index contributed by atoms with van der Waals surface area (Å²) in [5, 5.41) is 9.60. The van der Waals surface area contributed by atoms with Gasteiger partial charge in [0.05, 0.1) is 0 Å². The first-order valence-electron chi connectivity index (χ1n) is 11.2. The Morgan fingerprint density at radius 3 is 1.94 bits per heavy atom. The second-order valence-electron chi connectivity index (χ2n) is 8.03. The molecule has 174 valence electrons. The lowest BCUT2D eigenvalue weighted by molar-refractivity contribution is -0.192. The van der Waals surface area contributed by atoms with Crippen LogP contribution in [0.4, 0.5) is 18.9 Å². The number of aryl methyl sites for hydroxylation is 1. The van der Waals surface area contributed by atoms with Crippen LogP contribution in [0.1, 0.15) is 82.3 Å². The van der Waals surface area contributed by atoms with Crippen LogP contribution in [-0.4, -0.2) is 17.3 Å². The van der Waals surface area contributed by atoms with Crippen LogP contribution in [0.25, 0.3) is 10.8 Å². The van der Waals surface area contributed by atoms with Crippen molar-refractivity contribution >= 4 is 22.4 Å². The largest absolute Gasteiger partial charge is 0.490 e. The molecule has 0 saturated carbocycles. The highest BCUT2D eigenvalue weighted by Crippen LogP contribution is 2.28. The fourth-order valence-electron chi connectivity index (χ4n) is 3.60. The molecular weight excluding hydrogens is 403 g/mol. The van der Waals surface area contributed by atoms with Crippen molar-refractivity contribution in [2.45, 2.75) is 90.7 Å². The van der Waals surface area contributed by atoms with Crippen LogP contribution in [0.15, 0.2) is 30.3 Å².